The van der Waals surface area contributed by atoms with Crippen LogP contribution in [0.25, 0.3) is 0 Å². The summed E-state index contributed by atoms with van der Waals surface area (Å²) < 4.78 is 21.7. The minimum atomic E-state index is -1.90. The molecule has 29 heavy (non-hydrogen) atoms. The molecule has 4 aliphatic rings. The fraction of sp³-hybridized carbons (Fsp3) is 0.609. The van der Waals surface area contributed by atoms with E-state index < -0.39 is 34.5 Å². The lowest BCUT2D eigenvalue weighted by molar-refractivity contribution is -0.185. The molecule has 6 atom stereocenters. The van der Waals surface area contributed by atoms with Crippen LogP contribution in [0.5, 0.6) is 0 Å². The fourth-order valence-electron chi connectivity index (χ4n) is 6.46. The summed E-state index contributed by atoms with van der Waals surface area (Å²) in [6.07, 6.45) is 6.89. The van der Waals surface area contributed by atoms with Crippen LogP contribution in [0.1, 0.15) is 46.5 Å². The SMILES string of the molecule is CC(=O)OCC(=O)C1=CC[C@@H]2[C@H]3CCC4=CC(=O)C=C[C@]4(C)[C@]3(F)[C@@H](O)C[C@]12C. The lowest BCUT2D eigenvalue weighted by Gasteiger charge is -2.61. The standard InChI is InChI=1S/C23H27FO5/c1-13(25)29-12-19(27)18-7-6-16-17-5-4-14-10-15(26)8-9-22(14,3)23(17,24)20(28)11-21(16,18)2/h7-10,16-17,20,28H,4-6,11-12H2,1-3H3/t16-,17-,20+,21+,22+,23-/m1/s1. The molecule has 2 fully saturated rings. The van der Waals surface area contributed by atoms with Gasteiger partial charge in [0.05, 0.1) is 6.10 Å². The summed E-state index contributed by atoms with van der Waals surface area (Å²) in [5.41, 5.74) is -2.33. The normalized spacial score (nSPS) is 42.9. The van der Waals surface area contributed by atoms with E-state index in [-0.39, 0.29) is 30.5 Å². The quantitative estimate of drug-likeness (QED) is 0.734. The number of Topliss-reactive ketones (excluding diaryl/α,β-unsaturated/α-hetero) is 1. The summed E-state index contributed by atoms with van der Waals surface area (Å²) in [5.74, 6) is -1.52. The smallest absolute Gasteiger partial charge is 0.303 e. The van der Waals surface area contributed by atoms with E-state index >= 15 is 4.39 Å². The molecule has 4 aliphatic carbocycles. The van der Waals surface area contributed by atoms with Crippen molar-refractivity contribution in [1.82, 2.24) is 0 Å². The van der Waals surface area contributed by atoms with Gasteiger partial charge in [-0.3, -0.25) is 14.4 Å². The lowest BCUT2D eigenvalue weighted by atomic mass is 9.45. The third-order valence-electron chi connectivity index (χ3n) is 7.93. The van der Waals surface area contributed by atoms with Crippen LogP contribution < -0.4 is 0 Å². The van der Waals surface area contributed by atoms with Gasteiger partial charge in [0.2, 0.25) is 0 Å². The second-order valence-electron chi connectivity index (χ2n) is 9.32. The molecule has 0 heterocycles. The topological polar surface area (TPSA) is 80.7 Å². The molecule has 0 radical (unpaired) electrons. The van der Waals surface area contributed by atoms with Crippen molar-refractivity contribution < 1.29 is 28.6 Å². The molecule has 6 heteroatoms. The molecule has 1 N–H and O–H groups in total. The summed E-state index contributed by atoms with van der Waals surface area (Å²) in [7, 11) is 0. The van der Waals surface area contributed by atoms with Crippen LogP contribution in [0.2, 0.25) is 0 Å². The molecular weight excluding hydrogens is 375 g/mol. The minimum absolute atomic E-state index is 0.118. The van der Waals surface area contributed by atoms with Crippen LogP contribution in [0.3, 0.4) is 0 Å². The highest BCUT2D eigenvalue weighted by Crippen LogP contribution is 2.67. The highest BCUT2D eigenvalue weighted by atomic mass is 19.1. The third kappa shape index (κ3) is 2.64. The largest absolute Gasteiger partial charge is 0.457 e. The van der Waals surface area contributed by atoms with Gasteiger partial charge >= 0.3 is 5.97 Å². The number of ketones is 2. The Kier molecular flexibility index (Phi) is 4.50. The Morgan fingerprint density at radius 3 is 2.72 bits per heavy atom. The number of carbonyl (C=O) groups is 3. The van der Waals surface area contributed by atoms with Crippen molar-refractivity contribution in [3.63, 3.8) is 0 Å². The van der Waals surface area contributed by atoms with Gasteiger partial charge in [-0.1, -0.05) is 24.6 Å². The molecular formula is C23H27FO5. The molecule has 156 valence electrons. The van der Waals surface area contributed by atoms with Crippen molar-refractivity contribution in [2.75, 3.05) is 6.61 Å². The van der Waals surface area contributed by atoms with Gasteiger partial charge in [-0.2, -0.15) is 0 Å². The molecule has 2 saturated carbocycles. The monoisotopic (exact) mass is 402 g/mol. The molecule has 0 saturated heterocycles. The zero-order valence-corrected chi connectivity index (χ0v) is 17.0. The van der Waals surface area contributed by atoms with Gasteiger partial charge in [-0.15, -0.1) is 0 Å². The minimum Gasteiger partial charge on any atom is -0.457 e. The summed E-state index contributed by atoms with van der Waals surface area (Å²) in [5, 5.41) is 11.1. The van der Waals surface area contributed by atoms with Crippen LogP contribution in [0.4, 0.5) is 4.39 Å². The van der Waals surface area contributed by atoms with E-state index in [4.69, 9.17) is 4.74 Å². The highest BCUT2D eigenvalue weighted by Gasteiger charge is 2.69. The summed E-state index contributed by atoms with van der Waals surface area (Å²) in [6, 6.07) is 0. The van der Waals surface area contributed by atoms with E-state index in [0.717, 1.165) is 5.57 Å². The van der Waals surface area contributed by atoms with E-state index in [1.54, 1.807) is 13.0 Å². The number of allylic oxidation sites excluding steroid dienone is 5. The first-order valence-corrected chi connectivity index (χ1v) is 10.2. The first-order chi connectivity index (χ1) is 13.5. The number of ether oxygens (including phenoxy) is 1. The Morgan fingerprint density at radius 2 is 2.03 bits per heavy atom. The Labute approximate surface area is 169 Å². The van der Waals surface area contributed by atoms with Crippen LogP contribution >= 0.6 is 0 Å². The first kappa shape index (κ1) is 20.2. The predicted octanol–water partition coefficient (Wildman–Crippen LogP) is 3.03. The predicted molar refractivity (Wildman–Crippen MR) is 103 cm³/mol. The van der Waals surface area contributed by atoms with E-state index in [0.29, 0.717) is 24.8 Å². The van der Waals surface area contributed by atoms with Crippen LogP contribution in [-0.4, -0.2) is 41.0 Å². The van der Waals surface area contributed by atoms with Crippen LogP contribution in [0, 0.1) is 22.7 Å². The number of fused-ring (bicyclic) bond motifs is 5. The molecule has 0 spiro atoms. The van der Waals surface area contributed by atoms with Crippen LogP contribution in [-0.2, 0) is 19.1 Å². The van der Waals surface area contributed by atoms with Gasteiger partial charge in [0.1, 0.15) is 0 Å². The molecule has 0 bridgehead atoms. The number of hydrogen-bond donors (Lipinski definition) is 1. The number of aliphatic hydroxyl groups is 1. The molecule has 0 amide bonds. The summed E-state index contributed by atoms with van der Waals surface area (Å²) in [6.45, 7) is 4.60. The Balaban J connectivity index is 1.68. The molecule has 4 rings (SSSR count). The number of carbonyl (C=O) groups excluding carboxylic acids is 3. The average molecular weight is 402 g/mol. The Morgan fingerprint density at radius 1 is 1.31 bits per heavy atom. The number of hydrogen-bond acceptors (Lipinski definition) is 5. The van der Waals surface area contributed by atoms with Gasteiger partial charge in [-0.05, 0) is 50.7 Å². The zero-order valence-electron chi connectivity index (χ0n) is 17.0. The van der Waals surface area contributed by atoms with Gasteiger partial charge in [0, 0.05) is 29.2 Å². The number of rotatable bonds is 3. The summed E-state index contributed by atoms with van der Waals surface area (Å²) >= 11 is 0. The van der Waals surface area contributed by atoms with E-state index in [9.17, 15) is 19.5 Å². The summed E-state index contributed by atoms with van der Waals surface area (Å²) in [4.78, 5) is 35.6. The molecule has 0 aromatic rings. The third-order valence-corrected chi connectivity index (χ3v) is 7.93. The van der Waals surface area contributed by atoms with Crippen molar-refractivity contribution in [3.8, 4) is 0 Å². The Hall–Kier alpha value is -2.08. The van der Waals surface area contributed by atoms with Gasteiger partial charge in [0.25, 0.3) is 0 Å². The van der Waals surface area contributed by atoms with E-state index in [2.05, 4.69) is 0 Å². The van der Waals surface area contributed by atoms with Gasteiger partial charge in [-0.25, -0.2) is 4.39 Å². The highest BCUT2D eigenvalue weighted by molar-refractivity contribution is 6.01. The number of aliphatic hydroxyl groups excluding tert-OH is 1. The first-order valence-electron chi connectivity index (χ1n) is 10.2. The van der Waals surface area contributed by atoms with E-state index in [1.165, 1.54) is 19.1 Å². The lowest BCUT2D eigenvalue weighted by Crippen LogP contribution is -2.66. The maximum atomic E-state index is 16.8. The van der Waals surface area contributed by atoms with Crippen molar-refractivity contribution in [1.29, 1.82) is 0 Å². The molecule has 0 aliphatic heterocycles. The average Bonchev–Trinajstić information content (AvgIpc) is 2.98. The molecule has 0 aromatic carbocycles. The van der Waals surface area contributed by atoms with Crippen molar-refractivity contribution in [3.05, 3.63) is 35.5 Å². The van der Waals surface area contributed by atoms with Crippen LogP contribution in [0.15, 0.2) is 35.5 Å². The second-order valence-corrected chi connectivity index (χ2v) is 9.32. The number of alkyl halides is 1. The molecule has 5 nitrogen and oxygen atoms in total. The Bertz CT molecular complexity index is 886. The van der Waals surface area contributed by atoms with Crippen molar-refractivity contribution in [2.24, 2.45) is 22.7 Å². The fourth-order valence-corrected chi connectivity index (χ4v) is 6.46. The number of halogens is 1. The van der Waals surface area contributed by atoms with Gasteiger partial charge in [0.15, 0.2) is 23.8 Å². The van der Waals surface area contributed by atoms with Crippen molar-refractivity contribution >= 4 is 17.5 Å². The van der Waals surface area contributed by atoms with Gasteiger partial charge < -0.3 is 9.84 Å². The number of esters is 1. The maximum Gasteiger partial charge on any atom is 0.303 e. The van der Waals surface area contributed by atoms with Crippen molar-refractivity contribution in [2.45, 2.75) is 58.2 Å². The molecule has 0 unspecified atom stereocenters. The van der Waals surface area contributed by atoms with E-state index in [1.807, 2.05) is 13.0 Å². The molecule has 0 aromatic heterocycles. The second kappa shape index (κ2) is 6.46. The zero-order chi connectivity index (χ0) is 21.2. The maximum absolute atomic E-state index is 16.8.